The molecule has 4 nitrogen and oxygen atoms in total. The summed E-state index contributed by atoms with van der Waals surface area (Å²) in [6.07, 6.45) is 3.77. The molecule has 2 aliphatic rings. The van der Waals surface area contributed by atoms with Gasteiger partial charge in [0.2, 0.25) is 5.91 Å². The third kappa shape index (κ3) is 3.22. The molecule has 1 amide bonds. The first-order valence-electron chi connectivity index (χ1n) is 9.59. The summed E-state index contributed by atoms with van der Waals surface area (Å²) in [5.74, 6) is 1.30. The number of hydrogen-bond donors (Lipinski definition) is 2. The molecule has 1 aliphatic carbocycles. The highest BCUT2D eigenvalue weighted by Crippen LogP contribution is 2.50. The summed E-state index contributed by atoms with van der Waals surface area (Å²) in [7, 11) is 1.54. The highest BCUT2D eigenvalue weighted by molar-refractivity contribution is 7.16. The molecule has 2 unspecified atom stereocenters. The number of phenolic OH excluding ortho intramolecular Hbond substituents is 1. The molecule has 144 valence electrons. The van der Waals surface area contributed by atoms with Crippen molar-refractivity contribution in [3.63, 3.8) is 0 Å². The molecule has 0 saturated heterocycles. The number of amides is 1. The number of carbonyl (C=O) groups is 1. The molecule has 0 bridgehead atoms. The van der Waals surface area contributed by atoms with E-state index < -0.39 is 0 Å². The zero-order chi connectivity index (χ0) is 19.3. The number of anilines is 1. The summed E-state index contributed by atoms with van der Waals surface area (Å²) in [5, 5.41) is 14.3. The number of benzene rings is 1. The van der Waals surface area contributed by atoms with E-state index in [4.69, 9.17) is 4.74 Å². The molecule has 4 rings (SSSR count). The van der Waals surface area contributed by atoms with Crippen LogP contribution in [0.15, 0.2) is 18.2 Å². The minimum Gasteiger partial charge on any atom is -0.504 e. The number of methoxy groups -OCH3 is 1. The van der Waals surface area contributed by atoms with Crippen LogP contribution >= 0.6 is 11.3 Å². The summed E-state index contributed by atoms with van der Waals surface area (Å²) in [6, 6.07) is 5.50. The number of phenols is 1. The number of thiophene rings is 1. The summed E-state index contributed by atoms with van der Waals surface area (Å²) in [5.41, 5.74) is 3.97. The van der Waals surface area contributed by atoms with Gasteiger partial charge in [-0.05, 0) is 59.4 Å². The maximum atomic E-state index is 12.4. The van der Waals surface area contributed by atoms with Crippen molar-refractivity contribution in [3.05, 3.63) is 39.8 Å². The molecule has 5 heteroatoms. The van der Waals surface area contributed by atoms with E-state index in [0.29, 0.717) is 23.5 Å². The normalized spacial score (nSPS) is 22.0. The summed E-state index contributed by atoms with van der Waals surface area (Å²) < 4.78 is 5.17. The molecule has 2 atom stereocenters. The van der Waals surface area contributed by atoms with Gasteiger partial charge in [-0.1, -0.05) is 26.8 Å². The van der Waals surface area contributed by atoms with Crippen molar-refractivity contribution in [3.8, 4) is 11.5 Å². The van der Waals surface area contributed by atoms with E-state index in [0.717, 1.165) is 23.4 Å². The smallest absolute Gasteiger partial charge is 0.225 e. The molecular formula is C22H27NO3S. The fourth-order valence-electron chi connectivity index (χ4n) is 4.48. The molecular weight excluding hydrogens is 358 g/mol. The van der Waals surface area contributed by atoms with Crippen LogP contribution in [0.2, 0.25) is 0 Å². The third-order valence-electron chi connectivity index (χ3n) is 6.13. The predicted molar refractivity (Wildman–Crippen MR) is 109 cm³/mol. The Morgan fingerprint density at radius 1 is 1.26 bits per heavy atom. The Morgan fingerprint density at radius 3 is 2.70 bits per heavy atom. The highest BCUT2D eigenvalue weighted by atomic mass is 32.1. The number of hydrogen-bond acceptors (Lipinski definition) is 4. The first-order chi connectivity index (χ1) is 12.8. The van der Waals surface area contributed by atoms with Gasteiger partial charge in [0.05, 0.1) is 12.1 Å². The van der Waals surface area contributed by atoms with Gasteiger partial charge in [-0.2, -0.15) is 0 Å². The van der Waals surface area contributed by atoms with Gasteiger partial charge in [0, 0.05) is 17.2 Å². The van der Waals surface area contributed by atoms with Gasteiger partial charge in [0.15, 0.2) is 11.5 Å². The lowest BCUT2D eigenvalue weighted by molar-refractivity contribution is -0.116. The van der Waals surface area contributed by atoms with Crippen LogP contribution in [0, 0.1) is 11.3 Å². The topological polar surface area (TPSA) is 58.6 Å². The average molecular weight is 386 g/mol. The van der Waals surface area contributed by atoms with Crippen molar-refractivity contribution in [1.82, 2.24) is 0 Å². The SMILES string of the molecule is COc1ccc(C2CC(=O)Nc3sc4c(c32)CCC(C(C)(C)C)C4)cc1O. The highest BCUT2D eigenvalue weighted by Gasteiger charge is 2.37. The van der Waals surface area contributed by atoms with Gasteiger partial charge in [-0.3, -0.25) is 4.79 Å². The van der Waals surface area contributed by atoms with Crippen LogP contribution in [0.1, 0.15) is 61.1 Å². The van der Waals surface area contributed by atoms with Crippen molar-refractivity contribution < 1.29 is 14.6 Å². The molecule has 0 fully saturated rings. The largest absolute Gasteiger partial charge is 0.504 e. The van der Waals surface area contributed by atoms with E-state index in [2.05, 4.69) is 26.1 Å². The molecule has 2 heterocycles. The molecule has 0 spiro atoms. The van der Waals surface area contributed by atoms with E-state index in [1.807, 2.05) is 6.07 Å². The fraction of sp³-hybridized carbons (Fsp3) is 0.500. The molecule has 2 N–H and O–H groups in total. The van der Waals surface area contributed by atoms with Crippen LogP contribution in [0.25, 0.3) is 0 Å². The minimum absolute atomic E-state index is 0.00302. The van der Waals surface area contributed by atoms with Crippen molar-refractivity contribution in [2.24, 2.45) is 11.3 Å². The monoisotopic (exact) mass is 385 g/mol. The van der Waals surface area contributed by atoms with Crippen LogP contribution in [0.4, 0.5) is 5.00 Å². The second-order valence-electron chi connectivity index (χ2n) is 8.79. The van der Waals surface area contributed by atoms with Gasteiger partial charge in [0.1, 0.15) is 0 Å². The lowest BCUT2D eigenvalue weighted by Gasteiger charge is -2.34. The molecule has 1 aliphatic heterocycles. The predicted octanol–water partition coefficient (Wildman–Crippen LogP) is 5.09. The average Bonchev–Trinajstić information content (AvgIpc) is 2.97. The van der Waals surface area contributed by atoms with Crippen molar-refractivity contribution in [2.75, 3.05) is 12.4 Å². The van der Waals surface area contributed by atoms with E-state index in [1.54, 1.807) is 30.6 Å². The van der Waals surface area contributed by atoms with E-state index in [1.165, 1.54) is 22.4 Å². The third-order valence-corrected chi connectivity index (χ3v) is 7.31. The lowest BCUT2D eigenvalue weighted by atomic mass is 9.71. The van der Waals surface area contributed by atoms with Crippen LogP contribution in [-0.4, -0.2) is 18.1 Å². The van der Waals surface area contributed by atoms with Crippen molar-refractivity contribution >= 4 is 22.2 Å². The van der Waals surface area contributed by atoms with Crippen molar-refractivity contribution in [1.29, 1.82) is 0 Å². The number of aromatic hydroxyl groups is 1. The number of nitrogens with one attached hydrogen (secondary N) is 1. The Balaban J connectivity index is 1.76. The Hall–Kier alpha value is -2.01. The second kappa shape index (κ2) is 6.55. The Morgan fingerprint density at radius 2 is 2.04 bits per heavy atom. The zero-order valence-corrected chi connectivity index (χ0v) is 17.2. The van der Waals surface area contributed by atoms with Crippen LogP contribution in [0.3, 0.4) is 0 Å². The Bertz CT molecular complexity index is 894. The zero-order valence-electron chi connectivity index (χ0n) is 16.4. The van der Waals surface area contributed by atoms with Crippen LogP contribution in [0.5, 0.6) is 11.5 Å². The summed E-state index contributed by atoms with van der Waals surface area (Å²) in [4.78, 5) is 13.8. The second-order valence-corrected chi connectivity index (χ2v) is 9.89. The maximum Gasteiger partial charge on any atom is 0.225 e. The van der Waals surface area contributed by atoms with E-state index in [9.17, 15) is 9.90 Å². The lowest BCUT2D eigenvalue weighted by Crippen LogP contribution is -2.27. The van der Waals surface area contributed by atoms with Crippen LogP contribution < -0.4 is 10.1 Å². The van der Waals surface area contributed by atoms with Crippen molar-refractivity contribution in [2.45, 2.75) is 52.4 Å². The van der Waals surface area contributed by atoms with Gasteiger partial charge in [-0.15, -0.1) is 11.3 Å². The standard InChI is InChI=1S/C22H27NO3S/c1-22(2,3)13-6-7-14-18(10-13)27-21-20(14)15(11-19(25)23-21)12-5-8-17(26-4)16(24)9-12/h5,8-9,13,15,24H,6-7,10-11H2,1-4H3,(H,23,25). The molecule has 0 saturated carbocycles. The molecule has 27 heavy (non-hydrogen) atoms. The minimum atomic E-state index is -0.00302. The van der Waals surface area contributed by atoms with Gasteiger partial charge in [-0.25, -0.2) is 0 Å². The van der Waals surface area contributed by atoms with Gasteiger partial charge in [0.25, 0.3) is 0 Å². The number of rotatable bonds is 2. The Labute approximate surface area is 164 Å². The van der Waals surface area contributed by atoms with Crippen LogP contribution in [-0.2, 0) is 17.6 Å². The molecule has 0 radical (unpaired) electrons. The van der Waals surface area contributed by atoms with Gasteiger partial charge < -0.3 is 15.2 Å². The molecule has 2 aromatic rings. The quantitative estimate of drug-likeness (QED) is 0.757. The van der Waals surface area contributed by atoms with E-state index in [-0.39, 0.29) is 17.6 Å². The fourth-order valence-corrected chi connectivity index (χ4v) is 5.89. The molecule has 1 aromatic carbocycles. The molecule has 1 aromatic heterocycles. The maximum absolute atomic E-state index is 12.4. The first-order valence-corrected chi connectivity index (χ1v) is 10.4. The Kier molecular flexibility index (Phi) is 4.46. The number of ether oxygens (including phenoxy) is 1. The number of fused-ring (bicyclic) bond motifs is 3. The summed E-state index contributed by atoms with van der Waals surface area (Å²) >= 11 is 1.75. The number of carbonyl (C=O) groups excluding carboxylic acids is 1. The van der Waals surface area contributed by atoms with Gasteiger partial charge >= 0.3 is 0 Å². The summed E-state index contributed by atoms with van der Waals surface area (Å²) in [6.45, 7) is 6.96. The first kappa shape index (κ1) is 18.4. The van der Waals surface area contributed by atoms with E-state index >= 15 is 0 Å².